The number of hydrogen-bond acceptors (Lipinski definition) is 5. The lowest BCUT2D eigenvalue weighted by molar-refractivity contribution is -0.149. The topological polar surface area (TPSA) is 97.6 Å². The molecule has 3 aromatic rings. The Balaban J connectivity index is 1.51. The van der Waals surface area contributed by atoms with E-state index in [2.05, 4.69) is 10.6 Å². The third-order valence-corrected chi connectivity index (χ3v) is 4.56. The SMILES string of the molecule is CC(=O)N[C@@H](CC(=O)OCC(=O)N[C@H](C)c1cc2ccccc2o1)c1ccccc1. The fraction of sp³-hybridized carbons (Fsp3) is 0.261. The maximum Gasteiger partial charge on any atom is 0.308 e. The summed E-state index contributed by atoms with van der Waals surface area (Å²) in [5, 5.41) is 6.43. The number of hydrogen-bond donors (Lipinski definition) is 2. The van der Waals surface area contributed by atoms with Gasteiger partial charge in [-0.1, -0.05) is 48.5 Å². The van der Waals surface area contributed by atoms with E-state index in [0.29, 0.717) is 5.76 Å². The number of rotatable bonds is 8. The molecule has 1 heterocycles. The predicted molar refractivity (Wildman–Crippen MR) is 111 cm³/mol. The third-order valence-electron chi connectivity index (χ3n) is 4.56. The normalized spacial score (nSPS) is 12.7. The second-order valence-corrected chi connectivity index (χ2v) is 7.00. The van der Waals surface area contributed by atoms with Gasteiger partial charge in [0, 0.05) is 12.3 Å². The maximum absolute atomic E-state index is 12.2. The minimum Gasteiger partial charge on any atom is -0.459 e. The van der Waals surface area contributed by atoms with Gasteiger partial charge in [0.05, 0.1) is 18.5 Å². The van der Waals surface area contributed by atoms with Crippen LogP contribution >= 0.6 is 0 Å². The molecule has 0 unspecified atom stereocenters. The lowest BCUT2D eigenvalue weighted by Crippen LogP contribution is -2.32. The zero-order valence-electron chi connectivity index (χ0n) is 16.9. The summed E-state index contributed by atoms with van der Waals surface area (Å²) in [6.45, 7) is 2.76. The van der Waals surface area contributed by atoms with Crippen molar-refractivity contribution >= 4 is 28.8 Å². The molecule has 2 amide bonds. The second-order valence-electron chi connectivity index (χ2n) is 7.00. The Labute approximate surface area is 174 Å². The minimum atomic E-state index is -0.579. The van der Waals surface area contributed by atoms with Crippen molar-refractivity contribution < 1.29 is 23.5 Å². The molecule has 2 atom stereocenters. The summed E-state index contributed by atoms with van der Waals surface area (Å²) in [4.78, 5) is 35.9. The van der Waals surface area contributed by atoms with Gasteiger partial charge in [0.1, 0.15) is 11.3 Å². The average Bonchev–Trinajstić information content (AvgIpc) is 3.17. The van der Waals surface area contributed by atoms with Crippen LogP contribution in [0.25, 0.3) is 11.0 Å². The molecule has 0 aliphatic heterocycles. The molecular weight excluding hydrogens is 384 g/mol. The molecule has 0 saturated heterocycles. The van der Waals surface area contributed by atoms with Crippen LogP contribution in [-0.2, 0) is 19.1 Å². The quantitative estimate of drug-likeness (QED) is 0.557. The van der Waals surface area contributed by atoms with Crippen molar-refractivity contribution in [2.75, 3.05) is 6.61 Å². The number of esters is 1. The number of fused-ring (bicyclic) bond motifs is 1. The molecular formula is C23H24N2O5. The van der Waals surface area contributed by atoms with Crippen LogP contribution in [0.4, 0.5) is 0 Å². The monoisotopic (exact) mass is 408 g/mol. The standard InChI is InChI=1S/C23H24N2O5/c1-15(21-12-18-10-6-7-11-20(18)30-21)24-22(27)14-29-23(28)13-19(25-16(2)26)17-8-4-3-5-9-17/h3-12,15,19H,13-14H2,1-2H3,(H,24,27)(H,25,26)/t15-,19+/m1/s1. The number of ether oxygens (including phenoxy) is 1. The number of para-hydroxylation sites is 1. The number of nitrogens with one attached hydrogen (secondary N) is 2. The molecule has 7 nitrogen and oxygen atoms in total. The van der Waals surface area contributed by atoms with E-state index in [-0.39, 0.29) is 18.4 Å². The van der Waals surface area contributed by atoms with Crippen molar-refractivity contribution in [1.29, 1.82) is 0 Å². The van der Waals surface area contributed by atoms with E-state index >= 15 is 0 Å². The Morgan fingerprint density at radius 3 is 2.40 bits per heavy atom. The number of amides is 2. The molecule has 0 aliphatic carbocycles. The van der Waals surface area contributed by atoms with Crippen molar-refractivity contribution in [1.82, 2.24) is 10.6 Å². The van der Waals surface area contributed by atoms with Gasteiger partial charge in [0.15, 0.2) is 6.61 Å². The van der Waals surface area contributed by atoms with Gasteiger partial charge in [-0.25, -0.2) is 0 Å². The fourth-order valence-electron chi connectivity index (χ4n) is 3.12. The van der Waals surface area contributed by atoms with E-state index in [1.165, 1.54) is 6.92 Å². The highest BCUT2D eigenvalue weighted by Crippen LogP contribution is 2.23. The van der Waals surface area contributed by atoms with Crippen LogP contribution in [0.5, 0.6) is 0 Å². The van der Waals surface area contributed by atoms with Gasteiger partial charge in [0.25, 0.3) is 5.91 Å². The van der Waals surface area contributed by atoms with Crippen LogP contribution in [0.2, 0.25) is 0 Å². The highest BCUT2D eigenvalue weighted by molar-refractivity contribution is 5.82. The van der Waals surface area contributed by atoms with Crippen molar-refractivity contribution in [2.24, 2.45) is 0 Å². The number of carbonyl (C=O) groups is 3. The van der Waals surface area contributed by atoms with Gasteiger partial charge in [-0.3, -0.25) is 14.4 Å². The summed E-state index contributed by atoms with van der Waals surface area (Å²) in [5.41, 5.74) is 1.53. The Hall–Kier alpha value is -3.61. The summed E-state index contributed by atoms with van der Waals surface area (Å²) in [7, 11) is 0. The van der Waals surface area contributed by atoms with Gasteiger partial charge in [-0.2, -0.15) is 0 Å². The van der Waals surface area contributed by atoms with Crippen LogP contribution in [0, 0.1) is 0 Å². The molecule has 156 valence electrons. The summed E-state index contributed by atoms with van der Waals surface area (Å²) in [6, 6.07) is 17.7. The zero-order chi connectivity index (χ0) is 21.5. The van der Waals surface area contributed by atoms with Crippen LogP contribution in [0.3, 0.4) is 0 Å². The van der Waals surface area contributed by atoms with E-state index < -0.39 is 24.5 Å². The van der Waals surface area contributed by atoms with Gasteiger partial charge < -0.3 is 19.8 Å². The molecule has 2 N–H and O–H groups in total. The largest absolute Gasteiger partial charge is 0.459 e. The predicted octanol–water partition coefficient (Wildman–Crippen LogP) is 3.42. The van der Waals surface area contributed by atoms with Gasteiger partial charge >= 0.3 is 5.97 Å². The van der Waals surface area contributed by atoms with Crippen molar-refractivity contribution in [3.8, 4) is 0 Å². The van der Waals surface area contributed by atoms with E-state index in [9.17, 15) is 14.4 Å². The average molecular weight is 408 g/mol. The van der Waals surface area contributed by atoms with Crippen LogP contribution in [0.15, 0.2) is 65.1 Å². The molecule has 30 heavy (non-hydrogen) atoms. The van der Waals surface area contributed by atoms with E-state index in [0.717, 1.165) is 16.5 Å². The molecule has 0 aliphatic rings. The smallest absolute Gasteiger partial charge is 0.308 e. The molecule has 0 radical (unpaired) electrons. The minimum absolute atomic E-state index is 0.0734. The molecule has 0 saturated carbocycles. The maximum atomic E-state index is 12.2. The summed E-state index contributed by atoms with van der Waals surface area (Å²) < 4.78 is 10.8. The number of furan rings is 1. The first-order valence-corrected chi connectivity index (χ1v) is 9.68. The Bertz CT molecular complexity index is 995. The summed E-state index contributed by atoms with van der Waals surface area (Å²) >= 11 is 0. The summed E-state index contributed by atoms with van der Waals surface area (Å²) in [5.74, 6) is -0.657. The lowest BCUT2D eigenvalue weighted by Gasteiger charge is -2.18. The first-order valence-electron chi connectivity index (χ1n) is 9.68. The van der Waals surface area contributed by atoms with E-state index in [1.807, 2.05) is 60.7 Å². The van der Waals surface area contributed by atoms with E-state index in [4.69, 9.17) is 9.15 Å². The molecule has 0 fully saturated rings. The molecule has 7 heteroatoms. The van der Waals surface area contributed by atoms with Gasteiger partial charge in [-0.15, -0.1) is 0 Å². The molecule has 0 bridgehead atoms. The molecule has 1 aromatic heterocycles. The van der Waals surface area contributed by atoms with Crippen LogP contribution < -0.4 is 10.6 Å². The molecule has 3 rings (SSSR count). The van der Waals surface area contributed by atoms with Crippen molar-refractivity contribution in [3.05, 3.63) is 72.0 Å². The van der Waals surface area contributed by atoms with Gasteiger partial charge in [0.2, 0.25) is 5.91 Å². The number of benzene rings is 2. The first kappa shape index (κ1) is 21.1. The third kappa shape index (κ3) is 5.70. The van der Waals surface area contributed by atoms with Gasteiger partial charge in [-0.05, 0) is 24.6 Å². The van der Waals surface area contributed by atoms with Crippen molar-refractivity contribution in [3.63, 3.8) is 0 Å². The van der Waals surface area contributed by atoms with Crippen LogP contribution in [0.1, 0.15) is 43.7 Å². The lowest BCUT2D eigenvalue weighted by atomic mass is 10.0. The fourth-order valence-corrected chi connectivity index (χ4v) is 3.12. The van der Waals surface area contributed by atoms with Crippen LogP contribution in [-0.4, -0.2) is 24.4 Å². The molecule has 2 aromatic carbocycles. The van der Waals surface area contributed by atoms with E-state index in [1.54, 1.807) is 6.92 Å². The summed E-state index contributed by atoms with van der Waals surface area (Å²) in [6.07, 6.45) is -0.0734. The Morgan fingerprint density at radius 2 is 1.70 bits per heavy atom. The highest BCUT2D eigenvalue weighted by atomic mass is 16.5. The Kier molecular flexibility index (Phi) is 6.85. The number of carbonyl (C=O) groups excluding carboxylic acids is 3. The highest BCUT2D eigenvalue weighted by Gasteiger charge is 2.20. The first-order chi connectivity index (χ1) is 14.4. The molecule has 0 spiro atoms. The van der Waals surface area contributed by atoms with Crippen molar-refractivity contribution in [2.45, 2.75) is 32.4 Å². The second kappa shape index (κ2) is 9.73. The Morgan fingerprint density at radius 1 is 1.00 bits per heavy atom. The zero-order valence-corrected chi connectivity index (χ0v) is 16.9.